The van der Waals surface area contributed by atoms with Crippen molar-refractivity contribution in [3.8, 4) is 5.75 Å². The third-order valence-electron chi connectivity index (χ3n) is 6.37. The predicted octanol–water partition coefficient (Wildman–Crippen LogP) is 3.17. The maximum absolute atomic E-state index is 12.3. The van der Waals surface area contributed by atoms with E-state index in [1.54, 1.807) is 0 Å². The zero-order chi connectivity index (χ0) is 29.1. The van der Waals surface area contributed by atoms with Gasteiger partial charge in [-0.15, -0.1) is 0 Å². The zero-order valence-electron chi connectivity index (χ0n) is 23.6. The third-order valence-corrected chi connectivity index (χ3v) is 6.37. The maximum atomic E-state index is 12.3. The molecule has 1 aromatic carbocycles. The van der Waals surface area contributed by atoms with Crippen LogP contribution in [-0.4, -0.2) is 73.3 Å². The van der Waals surface area contributed by atoms with Gasteiger partial charge in [-0.25, -0.2) is 0 Å². The van der Waals surface area contributed by atoms with Crippen molar-refractivity contribution in [3.63, 3.8) is 0 Å². The topological polar surface area (TPSA) is 127 Å². The van der Waals surface area contributed by atoms with Gasteiger partial charge in [0.25, 0.3) is 0 Å². The van der Waals surface area contributed by atoms with Gasteiger partial charge in [0, 0.05) is 38.9 Å². The first-order valence-corrected chi connectivity index (χ1v) is 12.8. The van der Waals surface area contributed by atoms with Crippen LogP contribution in [0.3, 0.4) is 0 Å². The van der Waals surface area contributed by atoms with E-state index in [4.69, 9.17) is 28.4 Å². The summed E-state index contributed by atoms with van der Waals surface area (Å²) in [5, 5.41) is 0. The number of anilines is 1. The van der Waals surface area contributed by atoms with E-state index in [1.165, 1.54) is 27.7 Å². The Morgan fingerprint density at radius 3 is 2.05 bits per heavy atom. The van der Waals surface area contributed by atoms with Crippen LogP contribution in [0.15, 0.2) is 24.3 Å². The van der Waals surface area contributed by atoms with Crippen molar-refractivity contribution in [1.29, 1.82) is 0 Å². The Labute approximate surface area is 228 Å². The molecule has 1 fully saturated rings. The molecule has 0 aliphatic carbocycles. The number of allylic oxidation sites excluding steroid dienone is 1. The fraction of sp³-hybridized carbons (Fsp3) is 0.571. The quantitative estimate of drug-likeness (QED) is 0.352. The number of nitrogens with zero attached hydrogens (tertiary/aromatic N) is 1. The molecule has 2 heterocycles. The van der Waals surface area contributed by atoms with Crippen LogP contribution < -0.4 is 9.64 Å². The highest BCUT2D eigenvalue weighted by Crippen LogP contribution is 2.45. The van der Waals surface area contributed by atoms with E-state index in [2.05, 4.69) is 0 Å². The Bertz CT molecular complexity index is 1140. The first-order chi connectivity index (χ1) is 18.2. The van der Waals surface area contributed by atoms with Crippen LogP contribution in [0.4, 0.5) is 5.69 Å². The lowest BCUT2D eigenvalue weighted by Gasteiger charge is -2.53. The first kappa shape index (κ1) is 29.9. The molecule has 0 aromatic heterocycles. The highest BCUT2D eigenvalue weighted by molar-refractivity contribution is 5.82. The van der Waals surface area contributed by atoms with Crippen molar-refractivity contribution in [2.24, 2.45) is 0 Å². The van der Waals surface area contributed by atoms with Gasteiger partial charge in [-0.2, -0.15) is 0 Å². The smallest absolute Gasteiger partial charge is 0.303 e. The van der Waals surface area contributed by atoms with E-state index in [9.17, 15) is 19.2 Å². The number of carbonyl (C=O) groups is 4. The lowest BCUT2D eigenvalue weighted by Crippen LogP contribution is -2.69. The first-order valence-electron chi connectivity index (χ1n) is 12.8. The summed E-state index contributed by atoms with van der Waals surface area (Å²) in [6.07, 6.45) is -3.75. The molecule has 214 valence electrons. The van der Waals surface area contributed by atoms with Gasteiger partial charge in [0.1, 0.15) is 18.5 Å². The fourth-order valence-electron chi connectivity index (χ4n) is 5.16. The SMILES string of the molecule is CCOc1ccc2c(c1)C(C)=CC(C)(C)N2[C@@H]1O[C@H](COC(C)=O)[C@@H](OC(C)=O)[C@H](OC(C)=O)[C@H]1OC(C)=O. The maximum Gasteiger partial charge on any atom is 0.303 e. The van der Waals surface area contributed by atoms with Crippen molar-refractivity contribution in [2.75, 3.05) is 18.1 Å². The van der Waals surface area contributed by atoms with Crippen LogP contribution in [0.25, 0.3) is 5.57 Å². The van der Waals surface area contributed by atoms with Crippen LogP contribution in [0.5, 0.6) is 5.75 Å². The lowest BCUT2D eigenvalue weighted by atomic mass is 9.86. The predicted molar refractivity (Wildman–Crippen MR) is 140 cm³/mol. The minimum atomic E-state index is -1.26. The van der Waals surface area contributed by atoms with E-state index in [-0.39, 0.29) is 6.61 Å². The molecule has 39 heavy (non-hydrogen) atoms. The van der Waals surface area contributed by atoms with E-state index in [1.807, 2.05) is 56.9 Å². The van der Waals surface area contributed by atoms with Crippen LogP contribution in [0.1, 0.15) is 61.0 Å². The minimum Gasteiger partial charge on any atom is -0.494 e. The van der Waals surface area contributed by atoms with E-state index in [0.717, 1.165) is 16.8 Å². The molecular formula is C28H37NO10. The van der Waals surface area contributed by atoms with Crippen molar-refractivity contribution >= 4 is 35.1 Å². The standard InChI is InChI=1S/C28H37NO10/c1-9-34-20-10-11-22-21(12-20)15(2)13-28(7,8)29(22)27-26(38-19(6)33)25(37-18(5)32)24(36-17(4)31)23(39-27)14-35-16(3)30/h10-13,23-27H,9,14H2,1-8H3/t23-,24-,25+,26-,27-/m1/s1. The molecule has 0 unspecified atom stereocenters. The Kier molecular flexibility index (Phi) is 9.26. The minimum absolute atomic E-state index is 0.298. The van der Waals surface area contributed by atoms with E-state index >= 15 is 0 Å². The molecule has 2 aliphatic heterocycles. The van der Waals surface area contributed by atoms with Crippen LogP contribution in [-0.2, 0) is 42.9 Å². The number of benzene rings is 1. The summed E-state index contributed by atoms with van der Waals surface area (Å²) >= 11 is 0. The van der Waals surface area contributed by atoms with Crippen molar-refractivity contribution in [2.45, 2.75) is 91.6 Å². The summed E-state index contributed by atoms with van der Waals surface area (Å²) in [5.74, 6) is -1.91. The number of carbonyl (C=O) groups excluding carboxylic acids is 4. The van der Waals surface area contributed by atoms with Gasteiger partial charge in [-0.3, -0.25) is 19.2 Å². The zero-order valence-corrected chi connectivity index (χ0v) is 23.6. The van der Waals surface area contributed by atoms with Gasteiger partial charge in [-0.05, 0) is 51.5 Å². The van der Waals surface area contributed by atoms with E-state index < -0.39 is 60.1 Å². The molecule has 0 N–H and O–H groups in total. The van der Waals surface area contributed by atoms with Crippen LogP contribution in [0, 0.1) is 0 Å². The van der Waals surface area contributed by atoms with Crippen LogP contribution >= 0.6 is 0 Å². The molecule has 3 rings (SSSR count). The van der Waals surface area contributed by atoms with Gasteiger partial charge in [0.15, 0.2) is 24.5 Å². The molecule has 0 saturated carbocycles. The molecule has 11 nitrogen and oxygen atoms in total. The highest BCUT2D eigenvalue weighted by atomic mass is 16.7. The molecule has 11 heteroatoms. The molecule has 0 amide bonds. The summed E-state index contributed by atoms with van der Waals surface area (Å²) in [5.41, 5.74) is 1.94. The lowest BCUT2D eigenvalue weighted by molar-refractivity contribution is -0.253. The van der Waals surface area contributed by atoms with Crippen molar-refractivity contribution in [1.82, 2.24) is 0 Å². The molecule has 0 bridgehead atoms. The summed E-state index contributed by atoms with van der Waals surface area (Å²) in [7, 11) is 0. The number of hydrogen-bond donors (Lipinski definition) is 0. The average Bonchev–Trinajstić information content (AvgIpc) is 2.80. The Balaban J connectivity index is 2.20. The summed E-state index contributed by atoms with van der Waals surface area (Å²) < 4.78 is 34.3. The Hall–Kier alpha value is -3.60. The third kappa shape index (κ3) is 6.89. The van der Waals surface area contributed by atoms with Gasteiger partial charge in [-0.1, -0.05) is 6.08 Å². The fourth-order valence-corrected chi connectivity index (χ4v) is 5.16. The molecule has 1 aromatic rings. The second-order valence-corrected chi connectivity index (χ2v) is 10.1. The number of hydrogen-bond acceptors (Lipinski definition) is 11. The van der Waals surface area contributed by atoms with Crippen LogP contribution in [0.2, 0.25) is 0 Å². The van der Waals surface area contributed by atoms with E-state index in [0.29, 0.717) is 12.4 Å². The number of ether oxygens (including phenoxy) is 6. The van der Waals surface area contributed by atoms with Crippen molar-refractivity contribution in [3.05, 3.63) is 29.8 Å². The second-order valence-electron chi connectivity index (χ2n) is 10.1. The number of fused-ring (bicyclic) bond motifs is 1. The van der Waals surface area contributed by atoms with Gasteiger partial charge < -0.3 is 33.3 Å². The average molecular weight is 548 g/mol. The normalized spacial score (nSPS) is 25.5. The molecular weight excluding hydrogens is 510 g/mol. The van der Waals surface area contributed by atoms with Gasteiger partial charge in [0.2, 0.25) is 0 Å². The van der Waals surface area contributed by atoms with Crippen molar-refractivity contribution < 1.29 is 47.6 Å². The van der Waals surface area contributed by atoms with Gasteiger partial charge in [0.05, 0.1) is 12.1 Å². The summed E-state index contributed by atoms with van der Waals surface area (Å²) in [4.78, 5) is 50.2. The largest absolute Gasteiger partial charge is 0.494 e. The monoisotopic (exact) mass is 547 g/mol. The number of rotatable bonds is 8. The highest BCUT2D eigenvalue weighted by Gasteiger charge is 2.56. The van der Waals surface area contributed by atoms with Gasteiger partial charge >= 0.3 is 23.9 Å². The molecule has 0 spiro atoms. The summed E-state index contributed by atoms with van der Waals surface area (Å²) in [6.45, 7) is 12.9. The molecule has 1 saturated heterocycles. The Morgan fingerprint density at radius 2 is 1.49 bits per heavy atom. The molecule has 5 atom stereocenters. The molecule has 2 aliphatic rings. The summed E-state index contributed by atoms with van der Waals surface area (Å²) in [6, 6.07) is 5.63. The second kappa shape index (κ2) is 12.1. The molecule has 0 radical (unpaired) electrons. The Morgan fingerprint density at radius 1 is 0.897 bits per heavy atom. The number of esters is 4.